The lowest BCUT2D eigenvalue weighted by Crippen LogP contribution is -2.23. The third kappa shape index (κ3) is 2.56. The van der Waals surface area contributed by atoms with Gasteiger partial charge in [-0.15, -0.1) is 0 Å². The Bertz CT molecular complexity index is 683. The van der Waals surface area contributed by atoms with Gasteiger partial charge in [0.25, 0.3) is 0 Å². The zero-order valence-corrected chi connectivity index (χ0v) is 13.3. The van der Waals surface area contributed by atoms with Crippen molar-refractivity contribution in [2.45, 2.75) is 13.8 Å². The number of halogens is 1. The largest absolute Gasteiger partial charge is 0.439 e. The molecule has 20 heavy (non-hydrogen) atoms. The number of allylic oxidation sites excluding steroid dienone is 2. The van der Waals surface area contributed by atoms with Crippen LogP contribution in [0.25, 0.3) is 5.76 Å². The number of Topliss-reactive ketones (excluding diaryl/α,β-unsaturated/α-hetero) is 1. The lowest BCUT2D eigenvalue weighted by atomic mass is 9.87. The minimum Gasteiger partial charge on any atom is -0.439 e. The molecule has 1 aromatic carbocycles. The quantitative estimate of drug-likeness (QED) is 0.801. The summed E-state index contributed by atoms with van der Waals surface area (Å²) in [7, 11) is 0. The van der Waals surface area contributed by atoms with Crippen molar-refractivity contribution in [3.63, 3.8) is 0 Å². The molecule has 1 aliphatic heterocycles. The van der Waals surface area contributed by atoms with Crippen molar-refractivity contribution in [1.29, 1.82) is 5.26 Å². The van der Waals surface area contributed by atoms with Crippen LogP contribution in [0.3, 0.4) is 0 Å². The van der Waals surface area contributed by atoms with Gasteiger partial charge in [0.1, 0.15) is 11.8 Å². The first kappa shape index (κ1) is 14.6. The predicted molar refractivity (Wildman–Crippen MR) is 83.8 cm³/mol. The van der Waals surface area contributed by atoms with Crippen LogP contribution in [0.4, 0.5) is 0 Å². The van der Waals surface area contributed by atoms with Crippen LogP contribution in [0.2, 0.25) is 0 Å². The highest BCUT2D eigenvalue weighted by atomic mass is 127. The molecule has 1 aromatic rings. The van der Waals surface area contributed by atoms with Gasteiger partial charge in [-0.25, -0.2) is 0 Å². The maximum Gasteiger partial charge on any atom is 0.205 e. The number of ether oxygens (including phenoxy) is 1. The fourth-order valence-electron chi connectivity index (χ4n) is 2.24. The van der Waals surface area contributed by atoms with E-state index < -0.39 is 0 Å². The Hall–Kier alpha value is -1.81. The molecule has 102 valence electrons. The van der Waals surface area contributed by atoms with E-state index in [9.17, 15) is 4.79 Å². The molecule has 0 saturated carbocycles. The van der Waals surface area contributed by atoms with Crippen LogP contribution in [-0.2, 0) is 9.53 Å². The summed E-state index contributed by atoms with van der Waals surface area (Å²) in [6.45, 7) is 3.26. The molecule has 5 heteroatoms. The average molecular weight is 380 g/mol. The summed E-state index contributed by atoms with van der Waals surface area (Å²) in [5.41, 5.74) is 7.36. The van der Waals surface area contributed by atoms with Crippen molar-refractivity contribution in [3.8, 4) is 6.07 Å². The molecule has 0 radical (unpaired) electrons. The number of nitrogens with zero attached hydrogens (tertiary/aromatic N) is 1. The molecule has 0 fully saturated rings. The van der Waals surface area contributed by atoms with E-state index in [1.807, 2.05) is 30.3 Å². The summed E-state index contributed by atoms with van der Waals surface area (Å²) in [6.07, 6.45) is 0. The van der Waals surface area contributed by atoms with Gasteiger partial charge < -0.3 is 10.5 Å². The lowest BCUT2D eigenvalue weighted by molar-refractivity contribution is -0.114. The highest BCUT2D eigenvalue weighted by molar-refractivity contribution is 14.1. The molecule has 0 aromatic heterocycles. The minimum absolute atomic E-state index is 0.0684. The van der Waals surface area contributed by atoms with Gasteiger partial charge in [0.15, 0.2) is 5.78 Å². The van der Waals surface area contributed by atoms with Crippen LogP contribution < -0.4 is 5.73 Å². The Balaban J connectivity index is 2.62. The van der Waals surface area contributed by atoms with E-state index in [1.165, 1.54) is 6.92 Å². The molecule has 1 heterocycles. The molecular weight excluding hydrogens is 367 g/mol. The molecule has 0 amide bonds. The Labute approximate surface area is 131 Å². The van der Waals surface area contributed by atoms with Crippen LogP contribution in [0.15, 0.2) is 41.3 Å². The second-order valence-electron chi connectivity index (χ2n) is 4.52. The van der Waals surface area contributed by atoms with Crippen molar-refractivity contribution in [2.24, 2.45) is 11.7 Å². The van der Waals surface area contributed by atoms with Gasteiger partial charge in [-0.1, -0.05) is 19.1 Å². The van der Waals surface area contributed by atoms with Gasteiger partial charge in [-0.3, -0.25) is 4.79 Å². The number of carbonyl (C=O) groups is 1. The van der Waals surface area contributed by atoms with E-state index in [1.54, 1.807) is 6.92 Å². The van der Waals surface area contributed by atoms with E-state index in [0.717, 1.165) is 9.13 Å². The fourth-order valence-corrected chi connectivity index (χ4v) is 2.78. The Morgan fingerprint density at radius 1 is 1.50 bits per heavy atom. The molecule has 0 spiro atoms. The fraction of sp³-hybridized carbons (Fsp3) is 0.200. The van der Waals surface area contributed by atoms with E-state index in [0.29, 0.717) is 16.9 Å². The molecule has 0 aliphatic carbocycles. The van der Waals surface area contributed by atoms with Crippen LogP contribution in [-0.4, -0.2) is 5.78 Å². The summed E-state index contributed by atoms with van der Waals surface area (Å²) in [5.74, 6) is 0.0320. The molecule has 2 rings (SSSR count). The number of nitrogens with two attached hydrogens (primary N) is 1. The van der Waals surface area contributed by atoms with Gasteiger partial charge in [-0.05, 0) is 41.6 Å². The highest BCUT2D eigenvalue weighted by Crippen LogP contribution is 2.36. The zero-order valence-electron chi connectivity index (χ0n) is 11.1. The monoisotopic (exact) mass is 380 g/mol. The standard InChI is InChI=1S/C15H13IN2O2/c1-8-12(7-17)15(18)20-14(13(8)9(2)19)10-4-3-5-11(16)6-10/h3-6,8H,18H2,1-2H3/t8-/m1/s1. The lowest BCUT2D eigenvalue weighted by Gasteiger charge is -2.25. The van der Waals surface area contributed by atoms with Gasteiger partial charge in [-0.2, -0.15) is 5.26 Å². The van der Waals surface area contributed by atoms with Crippen molar-refractivity contribution in [3.05, 3.63) is 50.4 Å². The minimum atomic E-state index is -0.362. The second-order valence-corrected chi connectivity index (χ2v) is 5.77. The summed E-state index contributed by atoms with van der Waals surface area (Å²) >= 11 is 2.19. The first-order valence-electron chi connectivity index (χ1n) is 6.04. The summed E-state index contributed by atoms with van der Waals surface area (Å²) in [5, 5.41) is 9.13. The normalized spacial score (nSPS) is 18.6. The molecule has 1 aliphatic rings. The topological polar surface area (TPSA) is 76.1 Å². The predicted octanol–water partition coefficient (Wildman–Crippen LogP) is 2.95. The summed E-state index contributed by atoms with van der Waals surface area (Å²) in [4.78, 5) is 11.9. The number of hydrogen-bond acceptors (Lipinski definition) is 4. The first-order valence-corrected chi connectivity index (χ1v) is 7.12. The third-order valence-electron chi connectivity index (χ3n) is 3.17. The number of hydrogen-bond donors (Lipinski definition) is 1. The van der Waals surface area contributed by atoms with E-state index in [2.05, 4.69) is 22.6 Å². The summed E-state index contributed by atoms with van der Waals surface area (Å²) in [6, 6.07) is 9.62. The van der Waals surface area contributed by atoms with Crippen molar-refractivity contribution in [2.75, 3.05) is 0 Å². The van der Waals surface area contributed by atoms with Crippen molar-refractivity contribution in [1.82, 2.24) is 0 Å². The third-order valence-corrected chi connectivity index (χ3v) is 3.85. The zero-order chi connectivity index (χ0) is 14.9. The number of rotatable bonds is 2. The molecule has 0 bridgehead atoms. The SMILES string of the molecule is CC(=O)C1=C(c2cccc(I)c2)OC(N)=C(C#N)[C@H]1C. The average Bonchev–Trinajstić information content (AvgIpc) is 2.37. The van der Waals surface area contributed by atoms with Crippen LogP contribution >= 0.6 is 22.6 Å². The second kappa shape index (κ2) is 5.67. The Morgan fingerprint density at radius 3 is 2.75 bits per heavy atom. The number of carbonyl (C=O) groups excluding carboxylic acids is 1. The molecule has 4 nitrogen and oxygen atoms in total. The van der Waals surface area contributed by atoms with Gasteiger partial charge in [0.2, 0.25) is 5.88 Å². The number of nitriles is 1. The molecule has 2 N–H and O–H groups in total. The van der Waals surface area contributed by atoms with E-state index in [4.69, 9.17) is 15.7 Å². The summed E-state index contributed by atoms with van der Waals surface area (Å²) < 4.78 is 6.59. The molecular formula is C15H13IN2O2. The van der Waals surface area contributed by atoms with Crippen molar-refractivity contribution < 1.29 is 9.53 Å². The number of ketones is 1. The van der Waals surface area contributed by atoms with E-state index in [-0.39, 0.29) is 17.6 Å². The highest BCUT2D eigenvalue weighted by Gasteiger charge is 2.31. The molecule has 0 saturated heterocycles. The van der Waals surface area contributed by atoms with Crippen LogP contribution in [0.1, 0.15) is 19.4 Å². The van der Waals surface area contributed by atoms with Crippen LogP contribution in [0, 0.1) is 20.8 Å². The first-order chi connectivity index (χ1) is 9.45. The molecule has 1 atom stereocenters. The van der Waals surface area contributed by atoms with Crippen molar-refractivity contribution >= 4 is 34.1 Å². The number of benzene rings is 1. The maximum atomic E-state index is 11.9. The Morgan fingerprint density at radius 2 is 2.20 bits per heavy atom. The maximum absolute atomic E-state index is 11.9. The smallest absolute Gasteiger partial charge is 0.205 e. The Kier molecular flexibility index (Phi) is 4.14. The van der Waals surface area contributed by atoms with Gasteiger partial charge >= 0.3 is 0 Å². The van der Waals surface area contributed by atoms with E-state index >= 15 is 0 Å². The van der Waals surface area contributed by atoms with Gasteiger partial charge in [0, 0.05) is 20.6 Å². The molecule has 0 unspecified atom stereocenters. The van der Waals surface area contributed by atoms with Crippen LogP contribution in [0.5, 0.6) is 0 Å². The van der Waals surface area contributed by atoms with Gasteiger partial charge in [0.05, 0.1) is 5.57 Å².